The number of hydrogen-bond donors (Lipinski definition) is 3. The Labute approximate surface area is 114 Å². The number of nitrogens with two attached hydrogens (primary N) is 1. The molecule has 0 saturated heterocycles. The Morgan fingerprint density at radius 3 is 2.74 bits per heavy atom. The Kier molecular flexibility index (Phi) is 3.98. The minimum absolute atomic E-state index is 0.0602. The van der Waals surface area contributed by atoms with Gasteiger partial charge in [-0.05, 0) is 49.3 Å². The first-order valence-corrected chi connectivity index (χ1v) is 6.86. The number of nitrogens with one attached hydrogen (secondary N) is 1. The first-order chi connectivity index (χ1) is 8.97. The summed E-state index contributed by atoms with van der Waals surface area (Å²) in [6.45, 7) is 4.49. The summed E-state index contributed by atoms with van der Waals surface area (Å²) in [6.07, 6.45) is 3.16. The largest absolute Gasteiger partial charge is 0.508 e. The molecule has 1 aliphatic carbocycles. The van der Waals surface area contributed by atoms with Crippen molar-refractivity contribution in [3.05, 3.63) is 23.8 Å². The zero-order chi connectivity index (χ0) is 14.0. The van der Waals surface area contributed by atoms with E-state index in [1.54, 1.807) is 6.07 Å². The highest BCUT2D eigenvalue weighted by atomic mass is 16.3. The van der Waals surface area contributed by atoms with E-state index in [-0.39, 0.29) is 17.7 Å². The second-order valence-electron chi connectivity index (χ2n) is 5.71. The van der Waals surface area contributed by atoms with Gasteiger partial charge in [0.05, 0.1) is 5.56 Å². The predicted molar refractivity (Wildman–Crippen MR) is 76.0 cm³/mol. The molecule has 4 N–H and O–H groups in total. The molecule has 1 aromatic carbocycles. The highest BCUT2D eigenvalue weighted by Gasteiger charge is 2.26. The molecule has 0 aromatic heterocycles. The quantitative estimate of drug-likeness (QED) is 0.566. The van der Waals surface area contributed by atoms with E-state index in [1.807, 2.05) is 0 Å². The molecule has 4 heteroatoms. The second kappa shape index (κ2) is 5.51. The first kappa shape index (κ1) is 13.7. The summed E-state index contributed by atoms with van der Waals surface area (Å²) in [5.41, 5.74) is 6.52. The molecule has 1 amide bonds. The van der Waals surface area contributed by atoms with Gasteiger partial charge in [0.2, 0.25) is 0 Å². The maximum Gasteiger partial charge on any atom is 0.253 e. The fraction of sp³-hybridized carbons (Fsp3) is 0.533. The van der Waals surface area contributed by atoms with Gasteiger partial charge >= 0.3 is 0 Å². The van der Waals surface area contributed by atoms with Crippen LogP contribution in [-0.4, -0.2) is 17.1 Å². The molecular weight excluding hydrogens is 240 g/mol. The van der Waals surface area contributed by atoms with Crippen molar-refractivity contribution < 1.29 is 9.90 Å². The third kappa shape index (κ3) is 3.19. The molecule has 4 nitrogen and oxygen atoms in total. The maximum atomic E-state index is 12.2. The van der Waals surface area contributed by atoms with Crippen molar-refractivity contribution in [2.75, 3.05) is 5.73 Å². The van der Waals surface area contributed by atoms with Gasteiger partial charge in [-0.15, -0.1) is 0 Å². The van der Waals surface area contributed by atoms with Crippen molar-refractivity contribution in [1.29, 1.82) is 0 Å². The van der Waals surface area contributed by atoms with Gasteiger partial charge in [0.1, 0.15) is 5.75 Å². The zero-order valence-corrected chi connectivity index (χ0v) is 11.5. The number of phenols is 1. The molecule has 0 aliphatic heterocycles. The van der Waals surface area contributed by atoms with Crippen LogP contribution in [0.25, 0.3) is 0 Å². The molecule has 3 unspecified atom stereocenters. The Hall–Kier alpha value is -1.71. The van der Waals surface area contributed by atoms with Gasteiger partial charge in [-0.2, -0.15) is 0 Å². The van der Waals surface area contributed by atoms with E-state index in [0.717, 1.165) is 25.2 Å². The molecule has 1 fully saturated rings. The minimum atomic E-state index is -0.194. The van der Waals surface area contributed by atoms with Crippen LogP contribution in [0.4, 0.5) is 5.69 Å². The number of hydrogen-bond acceptors (Lipinski definition) is 3. The van der Waals surface area contributed by atoms with Crippen molar-refractivity contribution in [2.24, 2.45) is 11.8 Å². The van der Waals surface area contributed by atoms with Crippen LogP contribution in [0, 0.1) is 11.8 Å². The number of amides is 1. The monoisotopic (exact) mass is 262 g/mol. The molecule has 1 saturated carbocycles. The number of rotatable bonds is 2. The van der Waals surface area contributed by atoms with Gasteiger partial charge in [0, 0.05) is 11.7 Å². The number of nitrogen functional groups attached to an aromatic ring is 1. The summed E-state index contributed by atoms with van der Waals surface area (Å²) in [5, 5.41) is 12.5. The lowest BCUT2D eigenvalue weighted by Gasteiger charge is -2.32. The van der Waals surface area contributed by atoms with Crippen molar-refractivity contribution in [1.82, 2.24) is 5.32 Å². The number of carbonyl (C=O) groups excluding carboxylic acids is 1. The van der Waals surface area contributed by atoms with Crippen LogP contribution in [-0.2, 0) is 0 Å². The predicted octanol–water partition coefficient (Wildman–Crippen LogP) is 2.53. The molecule has 0 bridgehead atoms. The second-order valence-corrected chi connectivity index (χ2v) is 5.71. The van der Waals surface area contributed by atoms with Crippen LogP contribution < -0.4 is 11.1 Å². The highest BCUT2D eigenvalue weighted by molar-refractivity contribution is 5.99. The average molecular weight is 262 g/mol. The van der Waals surface area contributed by atoms with E-state index in [2.05, 4.69) is 19.2 Å². The third-order valence-electron chi connectivity index (χ3n) is 4.21. The van der Waals surface area contributed by atoms with Crippen LogP contribution in [0.2, 0.25) is 0 Å². The Balaban J connectivity index is 2.03. The summed E-state index contributed by atoms with van der Waals surface area (Å²) < 4.78 is 0. The molecule has 3 atom stereocenters. The van der Waals surface area contributed by atoms with Crippen LogP contribution in [0.1, 0.15) is 43.5 Å². The lowest BCUT2D eigenvalue weighted by atomic mass is 9.79. The highest BCUT2D eigenvalue weighted by Crippen LogP contribution is 2.29. The van der Waals surface area contributed by atoms with Crippen LogP contribution in [0.3, 0.4) is 0 Å². The number of phenolic OH excluding ortho intramolecular Hbond substituents is 1. The van der Waals surface area contributed by atoms with Crippen molar-refractivity contribution in [3.63, 3.8) is 0 Å². The maximum absolute atomic E-state index is 12.2. The van der Waals surface area contributed by atoms with Crippen molar-refractivity contribution >= 4 is 11.6 Å². The fourth-order valence-corrected chi connectivity index (χ4v) is 2.68. The molecule has 1 aliphatic rings. The van der Waals surface area contributed by atoms with Gasteiger partial charge in [-0.1, -0.05) is 13.8 Å². The summed E-state index contributed by atoms with van der Waals surface area (Å²) in [6, 6.07) is 4.66. The summed E-state index contributed by atoms with van der Waals surface area (Å²) in [4.78, 5) is 12.2. The van der Waals surface area contributed by atoms with Crippen LogP contribution >= 0.6 is 0 Å². The first-order valence-electron chi connectivity index (χ1n) is 6.86. The number of aromatic hydroxyl groups is 1. The van der Waals surface area contributed by atoms with Crippen molar-refractivity contribution in [3.8, 4) is 5.75 Å². The molecule has 0 heterocycles. The summed E-state index contributed by atoms with van der Waals surface area (Å²) in [7, 11) is 0. The molecule has 0 radical (unpaired) electrons. The lowest BCUT2D eigenvalue weighted by molar-refractivity contribution is 0.0911. The van der Waals surface area contributed by atoms with Gasteiger partial charge in [0.15, 0.2) is 0 Å². The van der Waals surface area contributed by atoms with Crippen LogP contribution in [0.5, 0.6) is 5.75 Å². The zero-order valence-electron chi connectivity index (χ0n) is 11.5. The number of benzene rings is 1. The van der Waals surface area contributed by atoms with E-state index in [9.17, 15) is 9.90 Å². The molecule has 104 valence electrons. The van der Waals surface area contributed by atoms with E-state index in [1.165, 1.54) is 12.1 Å². The standard InChI is InChI=1S/C15H22N2O2/c1-9-3-4-11(7-10(9)2)17-15(19)13-8-12(18)5-6-14(13)16/h5-6,8-11,18H,3-4,7,16H2,1-2H3,(H,17,19). The van der Waals surface area contributed by atoms with E-state index in [0.29, 0.717) is 17.2 Å². The Bertz CT molecular complexity index is 473. The van der Waals surface area contributed by atoms with E-state index < -0.39 is 0 Å². The molecule has 19 heavy (non-hydrogen) atoms. The lowest BCUT2D eigenvalue weighted by Crippen LogP contribution is -2.40. The molecular formula is C15H22N2O2. The van der Waals surface area contributed by atoms with Gasteiger partial charge in [0.25, 0.3) is 5.91 Å². The molecule has 1 aromatic rings. The Morgan fingerprint density at radius 2 is 2.05 bits per heavy atom. The molecule has 0 spiro atoms. The smallest absolute Gasteiger partial charge is 0.253 e. The Morgan fingerprint density at radius 1 is 1.32 bits per heavy atom. The average Bonchev–Trinajstić information content (AvgIpc) is 2.36. The summed E-state index contributed by atoms with van der Waals surface area (Å²) in [5.74, 6) is 1.21. The van der Waals surface area contributed by atoms with E-state index in [4.69, 9.17) is 5.73 Å². The SMILES string of the molecule is CC1CCC(NC(=O)c2cc(O)ccc2N)CC1C. The number of anilines is 1. The number of carbonyl (C=O) groups is 1. The minimum Gasteiger partial charge on any atom is -0.508 e. The summed E-state index contributed by atoms with van der Waals surface area (Å²) >= 11 is 0. The van der Waals surface area contributed by atoms with Crippen LogP contribution in [0.15, 0.2) is 18.2 Å². The van der Waals surface area contributed by atoms with Gasteiger partial charge in [-0.3, -0.25) is 4.79 Å². The normalized spacial score (nSPS) is 26.9. The van der Waals surface area contributed by atoms with Crippen molar-refractivity contribution in [2.45, 2.75) is 39.2 Å². The topological polar surface area (TPSA) is 75.3 Å². The van der Waals surface area contributed by atoms with E-state index >= 15 is 0 Å². The molecule has 2 rings (SSSR count). The van der Waals surface area contributed by atoms with Gasteiger partial charge < -0.3 is 16.2 Å². The fourth-order valence-electron chi connectivity index (χ4n) is 2.68. The third-order valence-corrected chi connectivity index (χ3v) is 4.21. The van der Waals surface area contributed by atoms with Gasteiger partial charge in [-0.25, -0.2) is 0 Å².